The summed E-state index contributed by atoms with van der Waals surface area (Å²) in [5, 5.41) is 72.3. The number of ether oxygens (including phenoxy) is 11. The van der Waals surface area contributed by atoms with E-state index < -0.39 is 143 Å². The van der Waals surface area contributed by atoms with E-state index in [1.807, 2.05) is 0 Å². The van der Waals surface area contributed by atoms with Crippen molar-refractivity contribution in [3.63, 3.8) is 0 Å². The summed E-state index contributed by atoms with van der Waals surface area (Å²) >= 11 is 0. The maximum atomic E-state index is 14.3. The molecule has 6 aliphatic rings. The Hall–Kier alpha value is -5.46. The Labute approximate surface area is 407 Å². The molecule has 10 rings (SSSR count). The molecular weight excluding hydrogens is 959 g/mol. The summed E-state index contributed by atoms with van der Waals surface area (Å²) in [5.74, 6) is -9.34. The number of Topliss-reactive ketones (excluding diaryl/α,β-unsaturated/α-hetero) is 2. The predicted octanol–water partition coefficient (Wildman–Crippen LogP) is -0.248. The third kappa shape index (κ3) is 6.61. The molecule has 5 aliphatic heterocycles. The van der Waals surface area contributed by atoms with E-state index in [4.69, 9.17) is 57.8 Å². The maximum Gasteiger partial charge on any atom is 0.303 e. The van der Waals surface area contributed by atoms with Gasteiger partial charge in [0.1, 0.15) is 41.4 Å². The summed E-state index contributed by atoms with van der Waals surface area (Å²) in [6, 6.07) is 1.60. The zero-order chi connectivity index (χ0) is 52.1. The number of aliphatic hydroxyl groups excluding tert-OH is 2. The summed E-state index contributed by atoms with van der Waals surface area (Å²) in [7, 11) is 3.72. The van der Waals surface area contributed by atoms with Crippen LogP contribution >= 0.6 is 0 Å². The molecule has 26 heteroatoms. The van der Waals surface area contributed by atoms with Crippen molar-refractivity contribution in [2.75, 3.05) is 27.1 Å². The van der Waals surface area contributed by atoms with Crippen LogP contribution in [0.4, 0.5) is 5.95 Å². The number of hydrogen-bond donors (Lipinski definition) is 8. The molecule has 26 nitrogen and oxygen atoms in total. The van der Waals surface area contributed by atoms with Gasteiger partial charge in [-0.3, -0.25) is 28.7 Å². The fourth-order valence-corrected chi connectivity index (χ4v) is 11.8. The number of aromatic hydroxyl groups is 1. The molecule has 0 saturated carbocycles. The quantitative estimate of drug-likeness (QED) is 0.0709. The third-order valence-corrected chi connectivity index (χ3v) is 14.9. The van der Waals surface area contributed by atoms with E-state index in [0.717, 1.165) is 17.8 Å². The summed E-state index contributed by atoms with van der Waals surface area (Å²) in [4.78, 5) is 63.7. The van der Waals surface area contributed by atoms with E-state index in [1.165, 1.54) is 42.1 Å². The smallest absolute Gasteiger partial charge is 0.303 e. The number of anilines is 1. The van der Waals surface area contributed by atoms with E-state index in [0.29, 0.717) is 5.56 Å². The zero-order valence-corrected chi connectivity index (χ0v) is 40.4. The lowest BCUT2D eigenvalue weighted by molar-refractivity contribution is -0.449. The lowest BCUT2D eigenvalue weighted by atomic mass is 9.78. The number of aryl methyl sites for hydroxylation is 1. The van der Waals surface area contributed by atoms with Gasteiger partial charge in [0.25, 0.3) is 22.9 Å². The van der Waals surface area contributed by atoms with E-state index in [9.17, 15) is 49.8 Å². The van der Waals surface area contributed by atoms with Crippen molar-refractivity contribution in [2.45, 2.75) is 157 Å². The summed E-state index contributed by atoms with van der Waals surface area (Å²) in [6.45, 7) is 8.26. The minimum absolute atomic E-state index is 0.00938. The highest BCUT2D eigenvalue weighted by Crippen LogP contribution is 2.70. The molecule has 1 aliphatic carbocycles. The topological polar surface area (TPSA) is 364 Å². The number of benzene rings is 2. The number of carbonyl (C=O) groups is 3. The largest absolute Gasteiger partial charge is 0.506 e. The van der Waals surface area contributed by atoms with Gasteiger partial charge in [-0.2, -0.15) is 4.98 Å². The number of imidazole rings is 1. The van der Waals surface area contributed by atoms with Crippen LogP contribution in [0.25, 0.3) is 21.9 Å². The predicted molar refractivity (Wildman–Crippen MR) is 238 cm³/mol. The number of aliphatic hydroxyl groups is 5. The second-order valence-electron chi connectivity index (χ2n) is 19.3. The summed E-state index contributed by atoms with van der Waals surface area (Å²) < 4.78 is 69.9. The number of aromatic nitrogens is 4. The molecule has 2 aromatic carbocycles. The van der Waals surface area contributed by atoms with Gasteiger partial charge in [-0.05, 0) is 46.2 Å². The SMILES string of the molecule is COc1c2c(c(O)c3c4c(c(C)cc13)[C@@H]1O[C@@]3(C(OC)OC)O[C@@H]1[C@@](O[C@H]1C[C@@H](O)[C@@](O)(C(C)=O)[C@H](C)O1)(O4)[C@@]3(O)n1cnc3nc(N)[nH]c(=O)c31)C(=O)[C@@H](O)C[C@@H]2O[C@H]1C[C@](C)(O)[C@H](OC(C)=O)[C@H](C)O1. The van der Waals surface area contributed by atoms with Gasteiger partial charge in [-0.25, -0.2) is 4.98 Å². The number of nitrogens with one attached hydrogen (secondary N) is 1. The second-order valence-corrected chi connectivity index (χ2v) is 19.3. The van der Waals surface area contributed by atoms with Crippen molar-refractivity contribution in [3.05, 3.63) is 45.0 Å². The van der Waals surface area contributed by atoms with Crippen molar-refractivity contribution < 1.29 is 97.1 Å². The molecular formula is C46H55N5O21. The standard InChI is InChI=1S/C46H55N5O21/c1-15-10-20-27(32(57)29-28(33(20)62-7)22(11-21(54)31(29)56)68-25-13-42(6,59)36(16(2)65-25)67-19(5)53)34-26(15)35-37-44(70-34,69-24-12-23(55)43(60,17(3)52)18(4)66-24)46(61,45(71-35,72-37)40(63-8)64-9)51-14-48-38-30(51)39(58)50-41(47)49-38/h10,14,16,18,21-25,35-37,40,54-55,57,59-61H,11-13H2,1-9H3,(H3,47,49,50,58)/t16-,18-,21-,22-,23+,24-,25-,35-,36+,37-,42-,43+,44+,45-,46-/m0/s1. The number of fused-ring (bicyclic) bond motifs is 7. The summed E-state index contributed by atoms with van der Waals surface area (Å²) in [5.41, 5.74) is -2.85. The third-order valence-electron chi connectivity index (χ3n) is 14.9. The van der Waals surface area contributed by atoms with Crippen molar-refractivity contribution in [1.29, 1.82) is 0 Å². The molecule has 4 fully saturated rings. The minimum atomic E-state index is -3.11. The number of ketones is 2. The van der Waals surface area contributed by atoms with Crippen LogP contribution in [0.2, 0.25) is 0 Å². The average Bonchev–Trinajstić information content (AvgIpc) is 3.97. The Balaban J connectivity index is 1.20. The summed E-state index contributed by atoms with van der Waals surface area (Å²) in [6.07, 6.45) is -16.2. The molecule has 0 amide bonds. The van der Waals surface area contributed by atoms with Gasteiger partial charge < -0.3 is 88.5 Å². The Bertz CT molecular complexity index is 2980. The lowest BCUT2D eigenvalue weighted by Crippen LogP contribution is -2.77. The number of aromatic amines is 1. The van der Waals surface area contributed by atoms with Gasteiger partial charge in [0.15, 0.2) is 53.1 Å². The van der Waals surface area contributed by atoms with E-state index in [2.05, 4.69) is 15.0 Å². The van der Waals surface area contributed by atoms with Crippen LogP contribution in [-0.2, 0) is 57.9 Å². The Kier molecular flexibility index (Phi) is 11.7. The first-order chi connectivity index (χ1) is 33.8. The molecule has 4 saturated heterocycles. The van der Waals surface area contributed by atoms with E-state index >= 15 is 0 Å². The number of phenols is 1. The lowest BCUT2D eigenvalue weighted by Gasteiger charge is -2.56. The number of methoxy groups -OCH3 is 3. The number of rotatable bonds is 11. The number of nitrogen functional groups attached to an aromatic ring is 1. The van der Waals surface area contributed by atoms with Gasteiger partial charge in [0.05, 0.1) is 42.5 Å². The first kappa shape index (κ1) is 50.1. The molecule has 0 spiro atoms. The highest BCUT2D eigenvalue weighted by molar-refractivity contribution is 6.13. The monoisotopic (exact) mass is 1010 g/mol. The zero-order valence-electron chi connectivity index (χ0n) is 40.4. The fourth-order valence-electron chi connectivity index (χ4n) is 11.8. The number of nitrogens with two attached hydrogens (primary N) is 1. The molecule has 72 heavy (non-hydrogen) atoms. The van der Waals surface area contributed by atoms with Crippen LogP contribution in [0.3, 0.4) is 0 Å². The van der Waals surface area contributed by atoms with Crippen LogP contribution in [0.1, 0.15) is 93.1 Å². The molecule has 9 N–H and O–H groups in total. The number of esters is 1. The number of phenolic OH excluding ortho intramolecular Hbond substituents is 1. The number of hydrogen-bond acceptors (Lipinski definition) is 24. The highest BCUT2D eigenvalue weighted by Gasteiger charge is 2.90. The molecule has 4 aromatic rings. The number of nitrogens with zero attached hydrogens (tertiary/aromatic N) is 3. The Morgan fingerprint density at radius 2 is 1.72 bits per heavy atom. The van der Waals surface area contributed by atoms with E-state index in [-0.39, 0.29) is 57.8 Å². The Morgan fingerprint density at radius 1 is 1.01 bits per heavy atom. The minimum Gasteiger partial charge on any atom is -0.506 e. The van der Waals surface area contributed by atoms with Crippen LogP contribution in [0.15, 0.2) is 17.2 Å². The van der Waals surface area contributed by atoms with E-state index in [1.54, 1.807) is 19.9 Å². The molecule has 0 radical (unpaired) electrons. The van der Waals surface area contributed by atoms with Gasteiger partial charge in [0, 0.05) is 56.9 Å². The van der Waals surface area contributed by atoms with Crippen molar-refractivity contribution in [1.82, 2.24) is 19.5 Å². The fraction of sp³-hybridized carbons (Fsp3) is 0.609. The van der Waals surface area contributed by atoms with Crippen molar-refractivity contribution in [3.8, 4) is 17.2 Å². The first-order valence-corrected chi connectivity index (χ1v) is 23.0. The van der Waals surface area contributed by atoms with Crippen LogP contribution in [0.5, 0.6) is 17.2 Å². The molecule has 7 heterocycles. The van der Waals surface area contributed by atoms with Crippen LogP contribution in [-0.4, -0.2) is 167 Å². The van der Waals surface area contributed by atoms with Crippen molar-refractivity contribution in [2.24, 2.45) is 0 Å². The van der Waals surface area contributed by atoms with Gasteiger partial charge in [0.2, 0.25) is 12.2 Å². The maximum absolute atomic E-state index is 14.3. The molecule has 2 bridgehead atoms. The van der Waals surface area contributed by atoms with Crippen LogP contribution < -0.4 is 20.8 Å². The van der Waals surface area contributed by atoms with Crippen molar-refractivity contribution >= 4 is 45.4 Å². The van der Waals surface area contributed by atoms with Gasteiger partial charge in [-0.15, -0.1) is 0 Å². The average molecular weight is 1010 g/mol. The highest BCUT2D eigenvalue weighted by atomic mass is 16.9. The normalized spacial score (nSPS) is 38.0. The Morgan fingerprint density at radius 3 is 2.35 bits per heavy atom. The molecule has 0 unspecified atom stereocenters. The molecule has 2 aromatic heterocycles. The number of H-pyrrole nitrogens is 1. The second kappa shape index (κ2) is 16.8. The molecule has 15 atom stereocenters. The van der Waals surface area contributed by atoms with Crippen LogP contribution in [0, 0.1) is 6.92 Å². The first-order valence-electron chi connectivity index (χ1n) is 23.0. The van der Waals surface area contributed by atoms with Gasteiger partial charge in [-0.1, -0.05) is 0 Å². The van der Waals surface area contributed by atoms with Gasteiger partial charge >= 0.3 is 5.97 Å². The number of carbonyl (C=O) groups excluding carboxylic acids is 3. The molecule has 390 valence electrons.